The van der Waals surface area contributed by atoms with Crippen molar-refractivity contribution in [3.8, 4) is 5.75 Å². The van der Waals surface area contributed by atoms with Crippen molar-refractivity contribution in [1.82, 2.24) is 0 Å². The molecule has 192 valence electrons. The smallest absolute Gasteiger partial charge is 0.311 e. The first kappa shape index (κ1) is 26.5. The Hall–Kier alpha value is -2.52. The zero-order valence-electron chi connectivity index (χ0n) is 22.2. The standard InChI is InChI=1S/C33H42O2S/c1-4-13-27-14-11-15-28(24-27)16-12-21-32(34)35-33-25(2)22-31(23-26(33)3)36(29-17-7-5-8-18-29)30-19-9-6-10-20-30/h5-10,17-20,22-23,27-28,36H,4,11-16,21,24H2,1-3H3. The number of hydrogen-bond acceptors (Lipinski definition) is 2. The Bertz CT molecular complexity index is 1040. The van der Waals surface area contributed by atoms with Gasteiger partial charge in [-0.3, -0.25) is 4.79 Å². The van der Waals surface area contributed by atoms with Gasteiger partial charge in [0.05, 0.1) is 0 Å². The summed E-state index contributed by atoms with van der Waals surface area (Å²) >= 11 is 0. The van der Waals surface area contributed by atoms with E-state index >= 15 is 0 Å². The maximum Gasteiger partial charge on any atom is 0.311 e. The molecule has 3 aromatic rings. The van der Waals surface area contributed by atoms with Gasteiger partial charge in [-0.25, -0.2) is 0 Å². The van der Waals surface area contributed by atoms with E-state index in [0.29, 0.717) is 6.42 Å². The summed E-state index contributed by atoms with van der Waals surface area (Å²) in [5, 5.41) is 0. The van der Waals surface area contributed by atoms with Crippen LogP contribution < -0.4 is 4.74 Å². The molecule has 2 nitrogen and oxygen atoms in total. The third-order valence-electron chi connectivity index (χ3n) is 7.53. The van der Waals surface area contributed by atoms with E-state index in [2.05, 4.69) is 93.6 Å². The summed E-state index contributed by atoms with van der Waals surface area (Å²) < 4.78 is 5.94. The molecule has 0 amide bonds. The van der Waals surface area contributed by atoms with Crippen LogP contribution in [0.5, 0.6) is 5.75 Å². The van der Waals surface area contributed by atoms with E-state index in [4.69, 9.17) is 4.74 Å². The van der Waals surface area contributed by atoms with Crippen molar-refractivity contribution in [1.29, 1.82) is 0 Å². The van der Waals surface area contributed by atoms with Crippen LogP contribution in [0.3, 0.4) is 0 Å². The summed E-state index contributed by atoms with van der Waals surface area (Å²) in [6.07, 6.45) is 10.7. The van der Waals surface area contributed by atoms with Crippen molar-refractivity contribution in [3.05, 3.63) is 83.9 Å². The maximum absolute atomic E-state index is 12.8. The van der Waals surface area contributed by atoms with Gasteiger partial charge in [0, 0.05) is 6.42 Å². The molecule has 0 saturated heterocycles. The van der Waals surface area contributed by atoms with Crippen LogP contribution in [0.4, 0.5) is 0 Å². The second kappa shape index (κ2) is 13.1. The summed E-state index contributed by atoms with van der Waals surface area (Å²) in [6.45, 7) is 6.43. The summed E-state index contributed by atoms with van der Waals surface area (Å²) in [5.41, 5.74) is 2.07. The number of esters is 1. The molecule has 2 atom stereocenters. The molecule has 36 heavy (non-hydrogen) atoms. The minimum atomic E-state index is -0.675. The Balaban J connectivity index is 1.42. The zero-order valence-corrected chi connectivity index (χ0v) is 23.1. The van der Waals surface area contributed by atoms with Gasteiger partial charge in [-0.15, -0.1) is 0 Å². The van der Waals surface area contributed by atoms with E-state index in [9.17, 15) is 4.79 Å². The van der Waals surface area contributed by atoms with Gasteiger partial charge in [0.2, 0.25) is 0 Å². The number of ether oxygens (including phenoxy) is 1. The number of hydrogen-bond donors (Lipinski definition) is 1. The fraction of sp³-hybridized carbons (Fsp3) is 0.424. The average molecular weight is 503 g/mol. The topological polar surface area (TPSA) is 26.3 Å². The van der Waals surface area contributed by atoms with Gasteiger partial charge in [-0.05, 0) is 107 Å². The predicted molar refractivity (Wildman–Crippen MR) is 152 cm³/mol. The van der Waals surface area contributed by atoms with Gasteiger partial charge < -0.3 is 4.74 Å². The molecule has 1 fully saturated rings. The van der Waals surface area contributed by atoms with Crippen molar-refractivity contribution >= 4 is 16.9 Å². The molecule has 1 aliphatic carbocycles. The highest BCUT2D eigenvalue weighted by atomic mass is 32.2. The third-order valence-corrected chi connectivity index (χ3v) is 9.93. The van der Waals surface area contributed by atoms with E-state index in [1.165, 1.54) is 53.2 Å². The Kier molecular flexibility index (Phi) is 9.69. The van der Waals surface area contributed by atoms with Gasteiger partial charge in [-0.1, -0.05) is 75.4 Å². The van der Waals surface area contributed by atoms with E-state index < -0.39 is 10.9 Å². The molecule has 1 aliphatic rings. The van der Waals surface area contributed by atoms with Gasteiger partial charge in [0.25, 0.3) is 0 Å². The molecule has 3 aromatic carbocycles. The number of benzene rings is 3. The van der Waals surface area contributed by atoms with Crippen molar-refractivity contribution in [2.75, 3.05) is 0 Å². The van der Waals surface area contributed by atoms with Crippen LogP contribution in [0.2, 0.25) is 0 Å². The number of carbonyl (C=O) groups is 1. The van der Waals surface area contributed by atoms with Crippen LogP contribution in [0.15, 0.2) is 87.5 Å². The number of carbonyl (C=O) groups excluding carboxylic acids is 1. The number of aryl methyl sites for hydroxylation is 2. The molecule has 0 heterocycles. The second-order valence-electron chi connectivity index (χ2n) is 10.5. The van der Waals surface area contributed by atoms with Crippen molar-refractivity contribution in [2.45, 2.75) is 93.2 Å². The quantitative estimate of drug-likeness (QED) is 0.170. The Morgan fingerprint density at radius 2 is 1.39 bits per heavy atom. The SMILES string of the molecule is CCCC1CCCC(CCCC(=O)Oc2c(C)cc([SH](c3ccccc3)c3ccccc3)cc2C)C1. The number of thiol groups is 1. The van der Waals surface area contributed by atoms with E-state index in [1.807, 2.05) is 0 Å². The first-order chi connectivity index (χ1) is 17.5. The molecule has 0 aliphatic heterocycles. The summed E-state index contributed by atoms with van der Waals surface area (Å²) in [5.74, 6) is 2.34. The van der Waals surface area contributed by atoms with Gasteiger partial charge in [-0.2, -0.15) is 10.9 Å². The van der Waals surface area contributed by atoms with Gasteiger partial charge in [0.15, 0.2) is 0 Å². The first-order valence-electron chi connectivity index (χ1n) is 13.8. The fourth-order valence-electron chi connectivity index (χ4n) is 5.85. The highest BCUT2D eigenvalue weighted by Crippen LogP contribution is 2.52. The van der Waals surface area contributed by atoms with Crippen LogP contribution in [-0.2, 0) is 4.79 Å². The van der Waals surface area contributed by atoms with Crippen molar-refractivity contribution in [3.63, 3.8) is 0 Å². The Morgan fingerprint density at radius 3 is 1.94 bits per heavy atom. The van der Waals surface area contributed by atoms with Crippen LogP contribution >= 0.6 is 10.9 Å². The lowest BCUT2D eigenvalue weighted by molar-refractivity contribution is -0.134. The predicted octanol–water partition coefficient (Wildman–Crippen LogP) is 9.46. The van der Waals surface area contributed by atoms with Crippen LogP contribution in [-0.4, -0.2) is 5.97 Å². The molecule has 4 rings (SSSR count). The molecule has 1 saturated carbocycles. The largest absolute Gasteiger partial charge is 0.426 e. The minimum Gasteiger partial charge on any atom is -0.426 e. The molecule has 2 unspecified atom stereocenters. The third kappa shape index (κ3) is 7.03. The lowest BCUT2D eigenvalue weighted by Crippen LogP contribution is -2.16. The van der Waals surface area contributed by atoms with Crippen LogP contribution in [0, 0.1) is 25.7 Å². The lowest BCUT2D eigenvalue weighted by atomic mass is 9.77. The van der Waals surface area contributed by atoms with Crippen LogP contribution in [0.1, 0.15) is 75.8 Å². The Morgan fingerprint density at radius 1 is 0.833 bits per heavy atom. The molecular weight excluding hydrogens is 460 g/mol. The molecule has 0 bridgehead atoms. The highest BCUT2D eigenvalue weighted by Gasteiger charge is 2.22. The minimum absolute atomic E-state index is 0.0942. The molecule has 0 aromatic heterocycles. The second-order valence-corrected chi connectivity index (χ2v) is 12.7. The lowest BCUT2D eigenvalue weighted by Gasteiger charge is -2.29. The van der Waals surface area contributed by atoms with Crippen molar-refractivity contribution in [2.24, 2.45) is 11.8 Å². The molecule has 3 heteroatoms. The monoisotopic (exact) mass is 502 g/mol. The first-order valence-corrected chi connectivity index (χ1v) is 15.1. The van der Waals surface area contributed by atoms with Gasteiger partial charge >= 0.3 is 5.97 Å². The van der Waals surface area contributed by atoms with Crippen LogP contribution in [0.25, 0.3) is 0 Å². The maximum atomic E-state index is 12.8. The average Bonchev–Trinajstić information content (AvgIpc) is 2.88. The number of rotatable bonds is 10. The van der Waals surface area contributed by atoms with E-state index in [0.717, 1.165) is 41.6 Å². The molecule has 0 N–H and O–H groups in total. The normalized spacial score (nSPS) is 18.0. The highest BCUT2D eigenvalue weighted by molar-refractivity contribution is 8.17. The Labute approximate surface area is 220 Å². The summed E-state index contributed by atoms with van der Waals surface area (Å²) in [6, 6.07) is 25.9. The summed E-state index contributed by atoms with van der Waals surface area (Å²) in [4.78, 5) is 16.7. The molecule has 0 spiro atoms. The van der Waals surface area contributed by atoms with E-state index in [-0.39, 0.29) is 5.97 Å². The van der Waals surface area contributed by atoms with Crippen molar-refractivity contribution < 1.29 is 9.53 Å². The fourth-order valence-corrected chi connectivity index (χ4v) is 8.33. The zero-order chi connectivity index (χ0) is 25.3. The van der Waals surface area contributed by atoms with E-state index in [1.54, 1.807) is 0 Å². The molecular formula is C33H42O2S. The summed E-state index contributed by atoms with van der Waals surface area (Å²) in [7, 11) is -0.675. The van der Waals surface area contributed by atoms with Gasteiger partial charge in [0.1, 0.15) is 5.75 Å². The molecule has 0 radical (unpaired) electrons.